The summed E-state index contributed by atoms with van der Waals surface area (Å²) >= 11 is 0. The van der Waals surface area contributed by atoms with Crippen LogP contribution in [-0.2, 0) is 30.2 Å². The zero-order valence-corrected chi connectivity index (χ0v) is 13.4. The standard InChI is InChI=1S/C13H20N4O3S/c1-9-11(7-14-3)13(10(2)20-9)21(18,19)16-8-12-15-5-6-17(12)4/h5-6,14,16H,7-8H2,1-4H3. The van der Waals surface area contributed by atoms with Gasteiger partial charge in [0.2, 0.25) is 10.0 Å². The summed E-state index contributed by atoms with van der Waals surface area (Å²) in [6.07, 6.45) is 3.40. The Morgan fingerprint density at radius 1 is 1.29 bits per heavy atom. The Morgan fingerprint density at radius 2 is 2.00 bits per heavy atom. The van der Waals surface area contributed by atoms with Gasteiger partial charge in [-0.2, -0.15) is 0 Å². The summed E-state index contributed by atoms with van der Waals surface area (Å²) < 4.78 is 34.9. The van der Waals surface area contributed by atoms with E-state index in [2.05, 4.69) is 15.0 Å². The van der Waals surface area contributed by atoms with Crippen LogP contribution in [0.25, 0.3) is 0 Å². The average molecular weight is 312 g/mol. The van der Waals surface area contributed by atoms with E-state index in [1.807, 2.05) is 7.05 Å². The molecule has 0 radical (unpaired) electrons. The second-order valence-electron chi connectivity index (χ2n) is 4.83. The van der Waals surface area contributed by atoms with Gasteiger partial charge in [-0.15, -0.1) is 0 Å². The molecule has 2 heterocycles. The van der Waals surface area contributed by atoms with Crippen LogP contribution < -0.4 is 10.0 Å². The summed E-state index contributed by atoms with van der Waals surface area (Å²) in [7, 11) is -0.0737. The van der Waals surface area contributed by atoms with Gasteiger partial charge >= 0.3 is 0 Å². The topological polar surface area (TPSA) is 89.2 Å². The molecule has 2 aromatic heterocycles. The van der Waals surface area contributed by atoms with Gasteiger partial charge in [-0.3, -0.25) is 0 Å². The molecule has 0 saturated carbocycles. The Balaban J connectivity index is 2.29. The number of nitrogens with zero attached hydrogens (tertiary/aromatic N) is 2. The third kappa shape index (κ3) is 3.17. The first-order valence-corrected chi connectivity index (χ1v) is 8.04. The molecule has 0 aliphatic carbocycles. The lowest BCUT2D eigenvalue weighted by Crippen LogP contribution is -2.26. The maximum absolute atomic E-state index is 12.5. The summed E-state index contributed by atoms with van der Waals surface area (Å²) in [4.78, 5) is 4.31. The quantitative estimate of drug-likeness (QED) is 0.824. The molecule has 8 heteroatoms. The monoisotopic (exact) mass is 312 g/mol. The molecule has 0 unspecified atom stereocenters. The number of aromatic nitrogens is 2. The fourth-order valence-electron chi connectivity index (χ4n) is 2.24. The molecule has 0 atom stereocenters. The lowest BCUT2D eigenvalue weighted by Gasteiger charge is -2.08. The minimum atomic E-state index is -3.65. The lowest BCUT2D eigenvalue weighted by atomic mass is 10.2. The number of hydrogen-bond donors (Lipinski definition) is 2. The molecule has 0 bridgehead atoms. The van der Waals surface area contributed by atoms with E-state index in [0.29, 0.717) is 29.5 Å². The van der Waals surface area contributed by atoms with Crippen molar-refractivity contribution >= 4 is 10.0 Å². The van der Waals surface area contributed by atoms with Gasteiger partial charge in [-0.25, -0.2) is 18.1 Å². The van der Waals surface area contributed by atoms with Gasteiger partial charge in [-0.1, -0.05) is 0 Å². The van der Waals surface area contributed by atoms with Gasteiger partial charge in [0.15, 0.2) is 0 Å². The lowest BCUT2D eigenvalue weighted by molar-refractivity contribution is 0.493. The minimum Gasteiger partial charge on any atom is -0.465 e. The molecule has 0 aliphatic rings. The van der Waals surface area contributed by atoms with Gasteiger partial charge in [0.05, 0.1) is 6.54 Å². The van der Waals surface area contributed by atoms with Gasteiger partial charge in [-0.05, 0) is 20.9 Å². The van der Waals surface area contributed by atoms with Crippen molar-refractivity contribution in [2.24, 2.45) is 7.05 Å². The Kier molecular flexibility index (Phi) is 4.50. The zero-order chi connectivity index (χ0) is 15.6. The van der Waals surface area contributed by atoms with Crippen molar-refractivity contribution in [3.05, 3.63) is 35.3 Å². The highest BCUT2D eigenvalue weighted by atomic mass is 32.2. The molecule has 7 nitrogen and oxygen atoms in total. The average Bonchev–Trinajstić information content (AvgIpc) is 2.92. The summed E-state index contributed by atoms with van der Waals surface area (Å²) in [5.74, 6) is 1.65. The highest BCUT2D eigenvalue weighted by Gasteiger charge is 2.26. The Labute approximate surface area is 124 Å². The molecule has 0 spiro atoms. The Morgan fingerprint density at radius 3 is 2.57 bits per heavy atom. The molecule has 0 aliphatic heterocycles. The van der Waals surface area contributed by atoms with Gasteiger partial charge in [0.1, 0.15) is 22.2 Å². The molecular formula is C13H20N4O3S. The van der Waals surface area contributed by atoms with Crippen LogP contribution in [0.3, 0.4) is 0 Å². The van der Waals surface area contributed by atoms with Crippen LogP contribution in [0.2, 0.25) is 0 Å². The first kappa shape index (κ1) is 15.7. The molecule has 116 valence electrons. The summed E-state index contributed by atoms with van der Waals surface area (Å²) in [6, 6.07) is 0. The second-order valence-corrected chi connectivity index (χ2v) is 6.54. The molecule has 21 heavy (non-hydrogen) atoms. The highest BCUT2D eigenvalue weighted by Crippen LogP contribution is 2.26. The zero-order valence-electron chi connectivity index (χ0n) is 12.6. The number of nitrogens with one attached hydrogen (secondary N) is 2. The van der Waals surface area contributed by atoms with Gasteiger partial charge in [0, 0.05) is 31.5 Å². The SMILES string of the molecule is CNCc1c(C)oc(C)c1S(=O)(=O)NCc1nccn1C. The van der Waals surface area contributed by atoms with E-state index in [0.717, 1.165) is 0 Å². The molecule has 0 amide bonds. The number of furan rings is 1. The van der Waals surface area contributed by atoms with Crippen LogP contribution in [0.4, 0.5) is 0 Å². The fraction of sp³-hybridized carbons (Fsp3) is 0.462. The van der Waals surface area contributed by atoms with E-state index < -0.39 is 10.0 Å². The van der Waals surface area contributed by atoms with Crippen molar-refractivity contribution in [2.75, 3.05) is 7.05 Å². The molecule has 0 fully saturated rings. The van der Waals surface area contributed by atoms with E-state index in [-0.39, 0.29) is 11.4 Å². The third-order valence-electron chi connectivity index (χ3n) is 3.29. The van der Waals surface area contributed by atoms with Crippen LogP contribution in [0.5, 0.6) is 0 Å². The van der Waals surface area contributed by atoms with Crippen molar-refractivity contribution < 1.29 is 12.8 Å². The molecule has 0 aromatic carbocycles. The molecule has 0 saturated heterocycles. The molecular weight excluding hydrogens is 292 g/mol. The fourth-order valence-corrected chi connectivity index (χ4v) is 3.67. The smallest absolute Gasteiger partial charge is 0.244 e. The van der Waals surface area contributed by atoms with Crippen molar-refractivity contribution in [3.8, 4) is 0 Å². The maximum Gasteiger partial charge on any atom is 0.244 e. The number of hydrogen-bond acceptors (Lipinski definition) is 5. The first-order chi connectivity index (χ1) is 9.86. The van der Waals surface area contributed by atoms with E-state index in [1.54, 1.807) is 37.9 Å². The first-order valence-electron chi connectivity index (χ1n) is 6.56. The highest BCUT2D eigenvalue weighted by molar-refractivity contribution is 7.89. The largest absolute Gasteiger partial charge is 0.465 e. The van der Waals surface area contributed by atoms with Crippen LogP contribution in [0.15, 0.2) is 21.7 Å². The third-order valence-corrected chi connectivity index (χ3v) is 4.88. The van der Waals surface area contributed by atoms with Gasteiger partial charge < -0.3 is 14.3 Å². The predicted molar refractivity (Wildman–Crippen MR) is 78.2 cm³/mol. The van der Waals surface area contributed by atoms with Crippen molar-refractivity contribution in [1.29, 1.82) is 0 Å². The van der Waals surface area contributed by atoms with Gasteiger partial charge in [0.25, 0.3) is 0 Å². The normalized spacial score (nSPS) is 12.0. The summed E-state index contributed by atoms with van der Waals surface area (Å²) in [6.45, 7) is 3.98. The van der Waals surface area contributed by atoms with Crippen LogP contribution in [-0.4, -0.2) is 25.0 Å². The van der Waals surface area contributed by atoms with E-state index in [9.17, 15) is 8.42 Å². The number of imidazole rings is 1. The number of aryl methyl sites for hydroxylation is 3. The molecule has 2 rings (SSSR count). The summed E-state index contributed by atoms with van der Waals surface area (Å²) in [5.41, 5.74) is 0.655. The molecule has 2 N–H and O–H groups in total. The van der Waals surface area contributed by atoms with Crippen molar-refractivity contribution in [2.45, 2.75) is 31.8 Å². The van der Waals surface area contributed by atoms with Crippen LogP contribution in [0.1, 0.15) is 22.9 Å². The van der Waals surface area contributed by atoms with Crippen molar-refractivity contribution in [3.63, 3.8) is 0 Å². The van der Waals surface area contributed by atoms with E-state index in [4.69, 9.17) is 4.42 Å². The number of sulfonamides is 1. The summed E-state index contributed by atoms with van der Waals surface area (Å²) in [5, 5.41) is 2.96. The van der Waals surface area contributed by atoms with E-state index in [1.165, 1.54) is 0 Å². The minimum absolute atomic E-state index is 0.133. The Hall–Kier alpha value is -1.64. The van der Waals surface area contributed by atoms with Crippen LogP contribution in [0, 0.1) is 13.8 Å². The van der Waals surface area contributed by atoms with E-state index >= 15 is 0 Å². The second kappa shape index (κ2) is 6.00. The molecule has 2 aromatic rings. The Bertz CT molecular complexity index is 731. The van der Waals surface area contributed by atoms with Crippen molar-refractivity contribution in [1.82, 2.24) is 19.6 Å². The maximum atomic E-state index is 12.5. The number of rotatable bonds is 6. The van der Waals surface area contributed by atoms with Crippen LogP contribution >= 0.6 is 0 Å². The predicted octanol–water partition coefficient (Wildman–Crippen LogP) is 0.828.